The molecule has 2 atom stereocenters. The number of hydrogen-bond acceptors (Lipinski definition) is 8. The number of allylic oxidation sites excluding steroid dienone is 2. The molecule has 0 aliphatic carbocycles. The number of nitrogens with two attached hydrogens (primary N) is 1. The summed E-state index contributed by atoms with van der Waals surface area (Å²) in [6, 6.07) is 0. The van der Waals surface area contributed by atoms with Gasteiger partial charge < -0.3 is 20.1 Å². The Morgan fingerprint density at radius 2 is 0.911 bits per heavy atom. The summed E-state index contributed by atoms with van der Waals surface area (Å²) >= 11 is 0. The van der Waals surface area contributed by atoms with Gasteiger partial charge in [0.25, 0.3) is 0 Å². The van der Waals surface area contributed by atoms with Crippen LogP contribution in [0.5, 0.6) is 0 Å². The fourth-order valence-corrected chi connectivity index (χ4v) is 7.65. The quantitative estimate of drug-likeness (QED) is 0.0266. The summed E-state index contributed by atoms with van der Waals surface area (Å²) < 4.78 is 32.8. The third-order valence-corrected chi connectivity index (χ3v) is 11.4. The molecule has 0 aromatic carbocycles. The number of hydrogen-bond donors (Lipinski definition) is 2. The van der Waals surface area contributed by atoms with Gasteiger partial charge in [0, 0.05) is 19.4 Å². The predicted octanol–water partition coefficient (Wildman–Crippen LogP) is 13.8. The van der Waals surface area contributed by atoms with E-state index in [0.29, 0.717) is 6.42 Å². The van der Waals surface area contributed by atoms with Crippen molar-refractivity contribution >= 4 is 19.8 Å². The fourth-order valence-electron chi connectivity index (χ4n) is 6.89. The fraction of sp³-hybridized carbons (Fsp3) is 0.913. The third kappa shape index (κ3) is 42.4. The molecule has 0 saturated heterocycles. The van der Waals surface area contributed by atoms with Crippen molar-refractivity contribution in [3.8, 4) is 0 Å². The molecule has 0 bridgehead atoms. The molecule has 0 rings (SSSR count). The number of rotatable bonds is 45. The smallest absolute Gasteiger partial charge is 0.462 e. The second kappa shape index (κ2) is 43.3. The molecular formula is C46H90NO8P. The monoisotopic (exact) mass is 816 g/mol. The Hall–Kier alpha value is -1.25. The summed E-state index contributed by atoms with van der Waals surface area (Å²) in [6.07, 6.45) is 45.5. The van der Waals surface area contributed by atoms with Crippen LogP contribution in [-0.4, -0.2) is 49.3 Å². The first kappa shape index (κ1) is 54.8. The molecule has 10 heteroatoms. The summed E-state index contributed by atoms with van der Waals surface area (Å²) in [5, 5.41) is 0. The van der Waals surface area contributed by atoms with Gasteiger partial charge in [-0.25, -0.2) is 4.57 Å². The average molecular weight is 816 g/mol. The SMILES string of the molecule is CCCCCCCCCCCCC/C=C/CCC(=O)O[C@H](COC(=O)CCCCCCCCCCCCCCCCCCCCCC)COP(=O)(O)OCCN. The molecular weight excluding hydrogens is 725 g/mol. The van der Waals surface area contributed by atoms with Crippen molar-refractivity contribution in [2.75, 3.05) is 26.4 Å². The van der Waals surface area contributed by atoms with Crippen molar-refractivity contribution in [1.29, 1.82) is 0 Å². The van der Waals surface area contributed by atoms with Gasteiger partial charge >= 0.3 is 19.8 Å². The molecule has 0 aromatic rings. The number of carbonyl (C=O) groups excluding carboxylic acids is 2. The lowest BCUT2D eigenvalue weighted by Crippen LogP contribution is -2.29. The Bertz CT molecular complexity index is 933. The highest BCUT2D eigenvalue weighted by atomic mass is 31.2. The molecule has 0 saturated carbocycles. The van der Waals surface area contributed by atoms with Crippen molar-refractivity contribution in [1.82, 2.24) is 0 Å². The molecule has 0 aliphatic heterocycles. The number of phosphoric ester groups is 1. The number of unbranched alkanes of at least 4 members (excludes halogenated alkanes) is 30. The second-order valence-electron chi connectivity index (χ2n) is 16.0. The molecule has 9 nitrogen and oxygen atoms in total. The van der Waals surface area contributed by atoms with E-state index in [9.17, 15) is 19.0 Å². The van der Waals surface area contributed by atoms with Crippen molar-refractivity contribution in [2.45, 2.75) is 245 Å². The topological polar surface area (TPSA) is 134 Å². The van der Waals surface area contributed by atoms with E-state index in [2.05, 4.69) is 19.9 Å². The van der Waals surface area contributed by atoms with Gasteiger partial charge in [0.05, 0.1) is 13.2 Å². The van der Waals surface area contributed by atoms with Crippen LogP contribution < -0.4 is 5.73 Å². The minimum absolute atomic E-state index is 0.0518. The zero-order valence-corrected chi connectivity index (χ0v) is 37.5. The highest BCUT2D eigenvalue weighted by Gasteiger charge is 2.25. The van der Waals surface area contributed by atoms with E-state index in [0.717, 1.165) is 32.1 Å². The third-order valence-electron chi connectivity index (χ3n) is 10.4. The molecule has 3 N–H and O–H groups in total. The zero-order valence-electron chi connectivity index (χ0n) is 36.6. The van der Waals surface area contributed by atoms with Gasteiger partial charge in [0.1, 0.15) is 6.61 Å². The van der Waals surface area contributed by atoms with Crippen LogP contribution in [0.4, 0.5) is 0 Å². The van der Waals surface area contributed by atoms with Crippen molar-refractivity contribution < 1.29 is 37.6 Å². The largest absolute Gasteiger partial charge is 0.472 e. The maximum absolute atomic E-state index is 12.6. The van der Waals surface area contributed by atoms with E-state index in [1.165, 1.54) is 173 Å². The Kier molecular flexibility index (Phi) is 42.4. The van der Waals surface area contributed by atoms with Crippen LogP contribution in [0.2, 0.25) is 0 Å². The summed E-state index contributed by atoms with van der Waals surface area (Å²) in [7, 11) is -4.38. The molecule has 0 aromatic heterocycles. The standard InChI is InChI=1S/C46H90NO8P/c1-3-5-7-9-11-13-15-17-19-20-21-22-23-25-26-28-30-32-34-36-38-45(48)52-42-44(43-54-56(50,51)53-41-40-47)55-46(49)39-37-35-33-31-29-27-24-18-16-14-12-10-8-6-4-2/h33,35,44H,3-32,34,36-43,47H2,1-2H3,(H,50,51)/b35-33+/t44-/m1/s1. The molecule has 1 unspecified atom stereocenters. The lowest BCUT2D eigenvalue weighted by atomic mass is 10.0. The van der Waals surface area contributed by atoms with Crippen molar-refractivity contribution in [2.24, 2.45) is 5.73 Å². The van der Waals surface area contributed by atoms with Crippen LogP contribution in [0.25, 0.3) is 0 Å². The van der Waals surface area contributed by atoms with E-state index in [1.807, 2.05) is 6.08 Å². The molecule has 0 fully saturated rings. The van der Waals surface area contributed by atoms with Gasteiger partial charge in [-0.15, -0.1) is 0 Å². The number of carbonyl (C=O) groups is 2. The first-order valence-corrected chi connectivity index (χ1v) is 25.2. The van der Waals surface area contributed by atoms with E-state index < -0.39 is 26.5 Å². The first-order valence-electron chi connectivity index (χ1n) is 23.7. The van der Waals surface area contributed by atoms with Gasteiger partial charge in [-0.05, 0) is 25.7 Å². The molecule has 0 amide bonds. The van der Waals surface area contributed by atoms with Gasteiger partial charge in [0.2, 0.25) is 0 Å². The first-order chi connectivity index (χ1) is 27.3. The van der Waals surface area contributed by atoms with Crippen molar-refractivity contribution in [3.05, 3.63) is 12.2 Å². The Morgan fingerprint density at radius 3 is 1.34 bits per heavy atom. The van der Waals surface area contributed by atoms with Gasteiger partial charge in [0.15, 0.2) is 6.10 Å². The molecule has 0 aliphatic rings. The summed E-state index contributed by atoms with van der Waals surface area (Å²) in [6.45, 7) is 3.74. The van der Waals surface area contributed by atoms with Crippen LogP contribution >= 0.6 is 7.82 Å². The zero-order chi connectivity index (χ0) is 41.1. The maximum atomic E-state index is 12.6. The number of esters is 2. The Balaban J connectivity index is 4.07. The van der Waals surface area contributed by atoms with Crippen LogP contribution in [0.3, 0.4) is 0 Å². The van der Waals surface area contributed by atoms with Crippen LogP contribution in [0.1, 0.15) is 239 Å². The van der Waals surface area contributed by atoms with E-state index in [1.54, 1.807) is 0 Å². The Morgan fingerprint density at radius 1 is 0.518 bits per heavy atom. The van der Waals surface area contributed by atoms with Gasteiger partial charge in [-0.1, -0.05) is 212 Å². The van der Waals surface area contributed by atoms with E-state index in [-0.39, 0.29) is 38.6 Å². The van der Waals surface area contributed by atoms with Gasteiger partial charge in [-0.3, -0.25) is 18.6 Å². The average Bonchev–Trinajstić information content (AvgIpc) is 3.18. The summed E-state index contributed by atoms with van der Waals surface area (Å²) in [4.78, 5) is 34.9. The Labute approximate surface area is 345 Å². The van der Waals surface area contributed by atoms with Crippen molar-refractivity contribution in [3.63, 3.8) is 0 Å². The highest BCUT2D eigenvalue weighted by Crippen LogP contribution is 2.43. The highest BCUT2D eigenvalue weighted by molar-refractivity contribution is 7.47. The maximum Gasteiger partial charge on any atom is 0.472 e. The lowest BCUT2D eigenvalue weighted by molar-refractivity contribution is -0.161. The minimum atomic E-state index is -4.38. The van der Waals surface area contributed by atoms with Crippen LogP contribution in [-0.2, 0) is 32.7 Å². The second-order valence-corrected chi connectivity index (χ2v) is 17.4. The number of ether oxygens (including phenoxy) is 2. The molecule has 56 heavy (non-hydrogen) atoms. The minimum Gasteiger partial charge on any atom is -0.462 e. The van der Waals surface area contributed by atoms with E-state index >= 15 is 0 Å². The van der Waals surface area contributed by atoms with E-state index in [4.69, 9.17) is 24.3 Å². The molecule has 332 valence electrons. The predicted molar refractivity (Wildman–Crippen MR) is 234 cm³/mol. The lowest BCUT2D eigenvalue weighted by Gasteiger charge is -2.19. The normalized spacial score (nSPS) is 13.3. The van der Waals surface area contributed by atoms with Gasteiger partial charge in [-0.2, -0.15) is 0 Å². The van der Waals surface area contributed by atoms with Crippen LogP contribution in [0.15, 0.2) is 12.2 Å². The summed E-state index contributed by atoms with van der Waals surface area (Å²) in [5.41, 5.74) is 5.35. The molecule has 0 radical (unpaired) electrons. The molecule has 0 heterocycles. The molecule has 0 spiro atoms. The number of phosphoric acid groups is 1. The summed E-state index contributed by atoms with van der Waals surface area (Å²) in [5.74, 6) is -0.871. The van der Waals surface area contributed by atoms with Crippen LogP contribution in [0, 0.1) is 0 Å².